The predicted octanol–water partition coefficient (Wildman–Crippen LogP) is 5.44. The van der Waals surface area contributed by atoms with Gasteiger partial charge in [0.05, 0.1) is 10.6 Å². The van der Waals surface area contributed by atoms with E-state index in [4.69, 9.17) is 0 Å². The number of halogens is 1. The molecule has 1 unspecified atom stereocenters. The lowest BCUT2D eigenvalue weighted by Gasteiger charge is -2.30. The number of carbonyl (C=O) groups excluding carboxylic acids is 2. The molecule has 1 heterocycles. The van der Waals surface area contributed by atoms with E-state index in [9.17, 15) is 14.0 Å². The number of nitrogens with zero attached hydrogens (tertiary/aromatic N) is 1. The molecule has 6 heteroatoms. The van der Waals surface area contributed by atoms with Crippen molar-refractivity contribution in [2.24, 2.45) is 0 Å². The van der Waals surface area contributed by atoms with Gasteiger partial charge in [-0.2, -0.15) is 0 Å². The van der Waals surface area contributed by atoms with Crippen molar-refractivity contribution < 1.29 is 14.0 Å². The maximum atomic E-state index is 14.2. The topological polar surface area (TPSA) is 49.4 Å². The number of carbonyl (C=O) groups is 2. The number of fused-ring (bicyclic) bond motifs is 1. The van der Waals surface area contributed by atoms with Gasteiger partial charge in [-0.1, -0.05) is 72.4 Å². The Bertz CT molecular complexity index is 1180. The van der Waals surface area contributed by atoms with Crippen LogP contribution in [0.5, 0.6) is 0 Å². The summed E-state index contributed by atoms with van der Waals surface area (Å²) in [7, 11) is 0. The van der Waals surface area contributed by atoms with Crippen molar-refractivity contribution in [2.45, 2.75) is 30.7 Å². The van der Waals surface area contributed by atoms with E-state index in [0.29, 0.717) is 16.2 Å². The summed E-state index contributed by atoms with van der Waals surface area (Å²) in [4.78, 5) is 28.8. The molecule has 0 saturated carbocycles. The molecule has 3 aromatic carbocycles. The third-order valence-corrected chi connectivity index (χ3v) is 6.52. The molecule has 0 saturated heterocycles. The molecule has 1 aliphatic rings. The first-order valence-corrected chi connectivity index (χ1v) is 11.7. The first-order valence-electron chi connectivity index (χ1n) is 10.9. The van der Waals surface area contributed by atoms with Crippen LogP contribution in [0.3, 0.4) is 0 Å². The van der Waals surface area contributed by atoms with Gasteiger partial charge in [0.1, 0.15) is 12.4 Å². The fraction of sp³-hybridized carbons (Fsp3) is 0.185. The summed E-state index contributed by atoms with van der Waals surface area (Å²) in [5, 5.41) is 3.00. The van der Waals surface area contributed by atoms with Gasteiger partial charge in [-0.25, -0.2) is 4.39 Å². The fourth-order valence-electron chi connectivity index (χ4n) is 3.72. The lowest BCUT2D eigenvalue weighted by molar-refractivity contribution is -0.122. The normalized spacial score (nSPS) is 15.3. The van der Waals surface area contributed by atoms with Crippen molar-refractivity contribution in [3.63, 3.8) is 0 Å². The summed E-state index contributed by atoms with van der Waals surface area (Å²) < 4.78 is 14.2. The van der Waals surface area contributed by atoms with Crippen molar-refractivity contribution in [1.29, 1.82) is 0 Å². The van der Waals surface area contributed by atoms with Crippen LogP contribution in [0.15, 0.2) is 88.7 Å². The van der Waals surface area contributed by atoms with Crippen LogP contribution in [0.25, 0.3) is 6.08 Å². The van der Waals surface area contributed by atoms with Crippen LogP contribution in [0.1, 0.15) is 24.5 Å². The van der Waals surface area contributed by atoms with Gasteiger partial charge in [0.25, 0.3) is 5.91 Å². The zero-order valence-electron chi connectivity index (χ0n) is 18.3. The second kappa shape index (κ2) is 10.5. The Hall–Kier alpha value is -3.38. The SMILES string of the molecule is CC(CCc1ccccc1)NC(=O)CN1C(=O)/C(=C/c2ccccc2F)Sc2ccccc21. The highest BCUT2D eigenvalue weighted by Gasteiger charge is 2.30. The molecule has 2 amide bonds. The molecule has 3 aromatic rings. The first-order chi connectivity index (χ1) is 16.0. The minimum atomic E-state index is -0.395. The van der Waals surface area contributed by atoms with Crippen molar-refractivity contribution >= 4 is 35.3 Å². The standard InChI is InChI=1S/C27H25FN2O2S/c1-19(15-16-20-9-3-2-4-10-20)29-26(31)18-30-23-13-7-8-14-24(23)33-25(27(30)32)17-21-11-5-6-12-22(21)28/h2-14,17,19H,15-16,18H2,1H3,(H,29,31)/b25-17-. The van der Waals surface area contributed by atoms with E-state index in [2.05, 4.69) is 17.4 Å². The number of benzene rings is 3. The van der Waals surface area contributed by atoms with Gasteiger partial charge in [-0.05, 0) is 49.6 Å². The van der Waals surface area contributed by atoms with Crippen molar-refractivity contribution in [3.05, 3.63) is 101 Å². The van der Waals surface area contributed by atoms with Crippen LogP contribution >= 0.6 is 11.8 Å². The lowest BCUT2D eigenvalue weighted by atomic mass is 10.1. The molecule has 168 valence electrons. The second-order valence-corrected chi connectivity index (χ2v) is 9.07. The van der Waals surface area contributed by atoms with Gasteiger partial charge in [-0.3, -0.25) is 14.5 Å². The summed E-state index contributed by atoms with van der Waals surface area (Å²) in [6.07, 6.45) is 3.21. The van der Waals surface area contributed by atoms with Gasteiger partial charge in [0.15, 0.2) is 0 Å². The zero-order chi connectivity index (χ0) is 23.2. The van der Waals surface area contributed by atoms with Gasteiger partial charge >= 0.3 is 0 Å². The Balaban J connectivity index is 1.48. The smallest absolute Gasteiger partial charge is 0.265 e. The highest BCUT2D eigenvalue weighted by atomic mass is 32.2. The molecule has 0 spiro atoms. The molecule has 4 nitrogen and oxygen atoms in total. The van der Waals surface area contributed by atoms with E-state index in [1.807, 2.05) is 49.4 Å². The van der Waals surface area contributed by atoms with Gasteiger partial charge in [-0.15, -0.1) is 0 Å². The minimum Gasteiger partial charge on any atom is -0.352 e. The summed E-state index contributed by atoms with van der Waals surface area (Å²) >= 11 is 1.29. The van der Waals surface area contributed by atoms with Crippen LogP contribution in [0.2, 0.25) is 0 Å². The molecule has 4 rings (SSSR count). The van der Waals surface area contributed by atoms with E-state index in [0.717, 1.165) is 17.7 Å². The molecule has 0 aliphatic carbocycles. The Morgan fingerprint density at radius 2 is 1.73 bits per heavy atom. The van der Waals surface area contributed by atoms with Crippen molar-refractivity contribution in [1.82, 2.24) is 5.32 Å². The monoisotopic (exact) mass is 460 g/mol. The number of thioether (sulfide) groups is 1. The number of para-hydroxylation sites is 1. The van der Waals surface area contributed by atoms with Gasteiger partial charge in [0.2, 0.25) is 5.91 Å². The van der Waals surface area contributed by atoms with E-state index in [1.165, 1.54) is 28.3 Å². The first kappa shape index (κ1) is 22.8. The number of hydrogen-bond acceptors (Lipinski definition) is 3. The summed E-state index contributed by atoms with van der Waals surface area (Å²) in [5.41, 5.74) is 2.25. The third kappa shape index (κ3) is 5.71. The Morgan fingerprint density at radius 3 is 2.52 bits per heavy atom. The predicted molar refractivity (Wildman–Crippen MR) is 131 cm³/mol. The number of rotatable bonds is 7. The molecule has 1 aliphatic heterocycles. The molecule has 0 fully saturated rings. The molecule has 1 atom stereocenters. The second-order valence-electron chi connectivity index (χ2n) is 7.98. The number of anilines is 1. The summed E-state index contributed by atoms with van der Waals surface area (Å²) in [5.74, 6) is -0.932. The van der Waals surface area contributed by atoms with E-state index < -0.39 is 5.82 Å². The minimum absolute atomic E-state index is 0.0318. The zero-order valence-corrected chi connectivity index (χ0v) is 19.1. The van der Waals surface area contributed by atoms with E-state index in [-0.39, 0.29) is 24.4 Å². The largest absolute Gasteiger partial charge is 0.352 e. The van der Waals surface area contributed by atoms with Crippen LogP contribution in [0, 0.1) is 5.82 Å². The average Bonchev–Trinajstić information content (AvgIpc) is 2.82. The highest BCUT2D eigenvalue weighted by molar-refractivity contribution is 8.04. The van der Waals surface area contributed by atoms with Crippen LogP contribution < -0.4 is 10.2 Å². The highest BCUT2D eigenvalue weighted by Crippen LogP contribution is 2.42. The van der Waals surface area contributed by atoms with E-state index in [1.54, 1.807) is 24.3 Å². The molecule has 0 bridgehead atoms. The molecule has 1 N–H and O–H groups in total. The van der Waals surface area contributed by atoms with Crippen molar-refractivity contribution in [2.75, 3.05) is 11.4 Å². The maximum absolute atomic E-state index is 14.2. The lowest BCUT2D eigenvalue weighted by Crippen LogP contribution is -2.45. The van der Waals surface area contributed by atoms with Crippen LogP contribution in [-0.2, 0) is 16.0 Å². The van der Waals surface area contributed by atoms with Crippen molar-refractivity contribution in [3.8, 4) is 0 Å². The Morgan fingerprint density at radius 1 is 1.03 bits per heavy atom. The Labute approximate surface area is 197 Å². The van der Waals surface area contributed by atoms with Gasteiger partial charge < -0.3 is 5.32 Å². The third-order valence-electron chi connectivity index (χ3n) is 5.44. The molecular weight excluding hydrogens is 435 g/mol. The fourth-order valence-corrected chi connectivity index (χ4v) is 4.77. The molecule has 33 heavy (non-hydrogen) atoms. The molecule has 0 aromatic heterocycles. The number of nitrogens with one attached hydrogen (secondary N) is 1. The van der Waals surface area contributed by atoms with Crippen LogP contribution in [-0.4, -0.2) is 24.4 Å². The van der Waals surface area contributed by atoms with Gasteiger partial charge in [0, 0.05) is 16.5 Å². The summed E-state index contributed by atoms with van der Waals surface area (Å²) in [6.45, 7) is 1.87. The average molecular weight is 461 g/mol. The Kier molecular flexibility index (Phi) is 7.25. The number of hydrogen-bond donors (Lipinski definition) is 1. The number of amides is 2. The number of aryl methyl sites for hydroxylation is 1. The van der Waals surface area contributed by atoms with E-state index >= 15 is 0 Å². The molecule has 0 radical (unpaired) electrons. The quantitative estimate of drug-likeness (QED) is 0.478. The van der Waals surface area contributed by atoms with Crippen LogP contribution in [0.4, 0.5) is 10.1 Å². The molecular formula is C27H25FN2O2S. The maximum Gasteiger partial charge on any atom is 0.265 e. The summed E-state index contributed by atoms with van der Waals surface area (Å²) in [6, 6.07) is 23.9.